The van der Waals surface area contributed by atoms with Crippen molar-refractivity contribution in [2.75, 3.05) is 11.5 Å². The lowest BCUT2D eigenvalue weighted by molar-refractivity contribution is 0.634. The van der Waals surface area contributed by atoms with Crippen molar-refractivity contribution in [1.82, 2.24) is 4.57 Å². The Kier molecular flexibility index (Phi) is 5.62. The van der Waals surface area contributed by atoms with Gasteiger partial charge in [0, 0.05) is 29.7 Å². The lowest BCUT2D eigenvalue weighted by Crippen LogP contribution is -2.19. The van der Waals surface area contributed by atoms with Gasteiger partial charge in [-0.3, -0.25) is 4.79 Å². The number of rotatable bonds is 6. The van der Waals surface area contributed by atoms with Crippen molar-refractivity contribution >= 4 is 17.4 Å². The first-order chi connectivity index (χ1) is 8.00. The van der Waals surface area contributed by atoms with Crippen molar-refractivity contribution in [3.8, 4) is 0 Å². The lowest BCUT2D eigenvalue weighted by atomic mass is 10.2. The number of hydrogen-bond donors (Lipinski definition) is 1. The van der Waals surface area contributed by atoms with Crippen LogP contribution in [0.4, 0.5) is 5.69 Å². The smallest absolute Gasteiger partial charge is 0.250 e. The molecule has 0 bridgehead atoms. The van der Waals surface area contributed by atoms with E-state index < -0.39 is 0 Å². The summed E-state index contributed by atoms with van der Waals surface area (Å²) >= 11 is 1.97. The van der Waals surface area contributed by atoms with E-state index in [1.165, 1.54) is 6.07 Å². The van der Waals surface area contributed by atoms with E-state index in [1.807, 2.05) is 11.8 Å². The van der Waals surface area contributed by atoms with Crippen LogP contribution in [-0.4, -0.2) is 15.6 Å². The molecule has 0 radical (unpaired) electrons. The predicted molar refractivity (Wildman–Crippen MR) is 76.5 cm³/mol. The van der Waals surface area contributed by atoms with E-state index in [1.54, 1.807) is 16.8 Å². The van der Waals surface area contributed by atoms with Crippen molar-refractivity contribution in [3.63, 3.8) is 0 Å². The van der Waals surface area contributed by atoms with Crippen molar-refractivity contribution in [2.24, 2.45) is 5.92 Å². The maximum absolute atomic E-state index is 11.5. The van der Waals surface area contributed by atoms with Crippen LogP contribution in [0.25, 0.3) is 0 Å². The third-order valence-corrected chi connectivity index (χ3v) is 4.46. The Morgan fingerprint density at radius 2 is 2.06 bits per heavy atom. The number of anilines is 1. The molecule has 0 amide bonds. The molecule has 0 saturated carbocycles. The van der Waals surface area contributed by atoms with Crippen LogP contribution in [0.3, 0.4) is 0 Å². The monoisotopic (exact) mass is 254 g/mol. The fourth-order valence-electron chi connectivity index (χ4n) is 1.42. The highest BCUT2D eigenvalue weighted by molar-refractivity contribution is 7.99. The van der Waals surface area contributed by atoms with Gasteiger partial charge in [-0.05, 0) is 24.2 Å². The number of pyridine rings is 1. The summed E-state index contributed by atoms with van der Waals surface area (Å²) in [4.78, 5) is 11.5. The zero-order chi connectivity index (χ0) is 12.8. The second kappa shape index (κ2) is 6.74. The first-order valence-corrected chi connectivity index (χ1v) is 7.13. The number of hydrogen-bond acceptors (Lipinski definition) is 3. The van der Waals surface area contributed by atoms with E-state index in [-0.39, 0.29) is 5.56 Å². The van der Waals surface area contributed by atoms with E-state index in [0.29, 0.717) is 16.9 Å². The number of nitrogen functional groups attached to an aromatic ring is 1. The lowest BCUT2D eigenvalue weighted by Gasteiger charge is -2.14. The zero-order valence-corrected chi connectivity index (χ0v) is 11.7. The van der Waals surface area contributed by atoms with Gasteiger partial charge < -0.3 is 10.3 Å². The molecule has 1 atom stereocenters. The fraction of sp³-hybridized carbons (Fsp3) is 0.615. The molecular formula is C13H22N2OS. The normalized spacial score (nSPS) is 12.9. The van der Waals surface area contributed by atoms with E-state index in [2.05, 4.69) is 20.8 Å². The van der Waals surface area contributed by atoms with Gasteiger partial charge in [0.05, 0.1) is 0 Å². The molecule has 2 N–H and O–H groups in total. The fourth-order valence-corrected chi connectivity index (χ4v) is 2.47. The van der Waals surface area contributed by atoms with Gasteiger partial charge in [-0.2, -0.15) is 11.8 Å². The molecule has 1 unspecified atom stereocenters. The molecular weight excluding hydrogens is 232 g/mol. The van der Waals surface area contributed by atoms with Gasteiger partial charge >= 0.3 is 0 Å². The summed E-state index contributed by atoms with van der Waals surface area (Å²) in [6.45, 7) is 7.48. The highest BCUT2D eigenvalue weighted by atomic mass is 32.2. The Hall–Kier alpha value is -0.900. The molecule has 0 aliphatic rings. The van der Waals surface area contributed by atoms with Crippen LogP contribution in [0.15, 0.2) is 23.1 Å². The largest absolute Gasteiger partial charge is 0.398 e. The quantitative estimate of drug-likeness (QED) is 0.794. The molecule has 0 fully saturated rings. The summed E-state index contributed by atoms with van der Waals surface area (Å²) in [6, 6.07) is 3.17. The number of nitrogens with zero attached hydrogens (tertiary/aromatic N) is 1. The summed E-state index contributed by atoms with van der Waals surface area (Å²) < 4.78 is 1.69. The Labute approximate surface area is 107 Å². The van der Waals surface area contributed by atoms with Crippen LogP contribution in [0.2, 0.25) is 0 Å². The summed E-state index contributed by atoms with van der Waals surface area (Å²) in [6.07, 6.45) is 2.73. The Bertz CT molecular complexity index is 401. The first kappa shape index (κ1) is 14.2. The van der Waals surface area contributed by atoms with Crippen molar-refractivity contribution in [2.45, 2.75) is 39.0 Å². The first-order valence-electron chi connectivity index (χ1n) is 6.08. The Morgan fingerprint density at radius 1 is 1.35 bits per heavy atom. The average Bonchev–Trinajstić information content (AvgIpc) is 2.28. The van der Waals surface area contributed by atoms with Gasteiger partial charge in [-0.1, -0.05) is 20.8 Å². The SMILES string of the molecule is CC(C)C(C)SCCCn1cc(N)ccc1=O. The van der Waals surface area contributed by atoms with Gasteiger partial charge in [-0.15, -0.1) is 0 Å². The van der Waals surface area contributed by atoms with Gasteiger partial charge in [-0.25, -0.2) is 0 Å². The van der Waals surface area contributed by atoms with Crippen molar-refractivity contribution < 1.29 is 0 Å². The zero-order valence-electron chi connectivity index (χ0n) is 10.8. The maximum atomic E-state index is 11.5. The highest BCUT2D eigenvalue weighted by Crippen LogP contribution is 2.19. The molecule has 1 aromatic heterocycles. The van der Waals surface area contributed by atoms with E-state index in [4.69, 9.17) is 5.73 Å². The summed E-state index contributed by atoms with van der Waals surface area (Å²) in [5.41, 5.74) is 6.33. The second-order valence-electron chi connectivity index (χ2n) is 4.67. The minimum Gasteiger partial charge on any atom is -0.398 e. The van der Waals surface area contributed by atoms with Gasteiger partial charge in [0.2, 0.25) is 0 Å². The molecule has 1 rings (SSSR count). The van der Waals surface area contributed by atoms with Gasteiger partial charge in [0.25, 0.3) is 5.56 Å². The molecule has 0 aliphatic carbocycles. The maximum Gasteiger partial charge on any atom is 0.250 e. The molecule has 96 valence electrons. The average molecular weight is 254 g/mol. The van der Waals surface area contributed by atoms with Crippen LogP contribution in [0.1, 0.15) is 27.2 Å². The topological polar surface area (TPSA) is 48.0 Å². The third kappa shape index (κ3) is 4.86. The van der Waals surface area contributed by atoms with Crippen molar-refractivity contribution in [3.05, 3.63) is 28.7 Å². The molecule has 17 heavy (non-hydrogen) atoms. The third-order valence-electron chi connectivity index (χ3n) is 2.87. The van der Waals surface area contributed by atoms with Crippen LogP contribution in [0.5, 0.6) is 0 Å². The van der Waals surface area contributed by atoms with Crippen LogP contribution >= 0.6 is 11.8 Å². The van der Waals surface area contributed by atoms with Crippen LogP contribution in [-0.2, 0) is 6.54 Å². The molecule has 1 heterocycles. The van der Waals surface area contributed by atoms with Gasteiger partial charge in [0.1, 0.15) is 0 Å². The molecule has 0 spiro atoms. The molecule has 1 aromatic rings. The van der Waals surface area contributed by atoms with E-state index >= 15 is 0 Å². The minimum atomic E-state index is 0.0288. The Balaban J connectivity index is 2.36. The molecule has 3 nitrogen and oxygen atoms in total. The number of thioether (sulfide) groups is 1. The highest BCUT2D eigenvalue weighted by Gasteiger charge is 2.06. The predicted octanol–water partition coefficient (Wildman–Crippen LogP) is 2.60. The molecule has 0 aliphatic heterocycles. The number of nitrogens with two attached hydrogens (primary N) is 1. The number of aromatic nitrogens is 1. The van der Waals surface area contributed by atoms with Crippen molar-refractivity contribution in [1.29, 1.82) is 0 Å². The summed E-state index contributed by atoms with van der Waals surface area (Å²) in [7, 11) is 0. The van der Waals surface area contributed by atoms with E-state index in [9.17, 15) is 4.79 Å². The minimum absolute atomic E-state index is 0.0288. The van der Waals surface area contributed by atoms with Gasteiger partial charge in [0.15, 0.2) is 0 Å². The molecule has 0 aromatic carbocycles. The standard InChI is InChI=1S/C13H22N2OS/c1-10(2)11(3)17-8-4-7-15-9-12(14)5-6-13(15)16/h5-6,9-11H,4,7-8,14H2,1-3H3. The molecule has 0 saturated heterocycles. The molecule has 4 heteroatoms. The summed E-state index contributed by atoms with van der Waals surface area (Å²) in [5, 5.41) is 0.674. The number of aryl methyl sites for hydroxylation is 1. The second-order valence-corrected chi connectivity index (χ2v) is 6.15. The van der Waals surface area contributed by atoms with Crippen LogP contribution < -0.4 is 11.3 Å². The van der Waals surface area contributed by atoms with E-state index in [0.717, 1.165) is 18.7 Å². The Morgan fingerprint density at radius 3 is 2.71 bits per heavy atom. The summed E-state index contributed by atoms with van der Waals surface area (Å²) in [5.74, 6) is 1.79. The van der Waals surface area contributed by atoms with Crippen LogP contribution in [0, 0.1) is 5.92 Å².